The summed E-state index contributed by atoms with van der Waals surface area (Å²) in [5.41, 5.74) is 3.52. The maximum absolute atomic E-state index is 13.0. The van der Waals surface area contributed by atoms with E-state index in [-0.39, 0.29) is 11.2 Å². The van der Waals surface area contributed by atoms with Crippen molar-refractivity contribution >= 4 is 10.0 Å². The van der Waals surface area contributed by atoms with Crippen LogP contribution in [0.2, 0.25) is 0 Å². The van der Waals surface area contributed by atoms with E-state index < -0.39 is 10.0 Å². The molecule has 0 amide bonds. The van der Waals surface area contributed by atoms with E-state index >= 15 is 0 Å². The fourth-order valence-electron chi connectivity index (χ4n) is 7.00. The van der Waals surface area contributed by atoms with Crippen LogP contribution in [0.5, 0.6) is 5.75 Å². The summed E-state index contributed by atoms with van der Waals surface area (Å²) in [6, 6.07) is 16.2. The molecule has 2 heterocycles. The lowest BCUT2D eigenvalue weighted by atomic mass is 9.61. The van der Waals surface area contributed by atoms with Crippen molar-refractivity contribution in [2.24, 2.45) is 5.92 Å². The van der Waals surface area contributed by atoms with Crippen LogP contribution >= 0.6 is 0 Å². The molecule has 6 nitrogen and oxygen atoms in total. The third-order valence-electron chi connectivity index (χ3n) is 8.88. The maximum Gasteiger partial charge on any atom is 0.218 e. The van der Waals surface area contributed by atoms with Crippen molar-refractivity contribution in [1.29, 1.82) is 0 Å². The van der Waals surface area contributed by atoms with Gasteiger partial charge in [0.2, 0.25) is 10.0 Å². The number of hydrogen-bond donors (Lipinski definition) is 1. The number of piperidine rings is 2. The minimum Gasteiger partial charge on any atom is -0.508 e. The summed E-state index contributed by atoms with van der Waals surface area (Å²) in [5, 5.41) is 10.2. The fraction of sp³-hybridized carbons (Fsp3) is 0.571. The van der Waals surface area contributed by atoms with Gasteiger partial charge in [0.15, 0.2) is 0 Å². The Morgan fingerprint density at radius 3 is 2.51 bits per heavy atom. The molecule has 0 saturated carbocycles. The van der Waals surface area contributed by atoms with Crippen molar-refractivity contribution in [1.82, 2.24) is 14.1 Å². The van der Waals surface area contributed by atoms with Crippen LogP contribution in [0, 0.1) is 5.92 Å². The first-order chi connectivity index (χ1) is 16.7. The average Bonchev–Trinajstić information content (AvgIpc) is 2.83. The zero-order valence-electron chi connectivity index (χ0n) is 21.2. The Hall–Kier alpha value is -1.93. The molecular weight excluding hydrogens is 458 g/mol. The van der Waals surface area contributed by atoms with Gasteiger partial charge in [-0.15, -0.1) is 0 Å². The van der Waals surface area contributed by atoms with E-state index in [1.54, 1.807) is 4.31 Å². The molecule has 2 saturated heterocycles. The molecule has 0 radical (unpaired) electrons. The monoisotopic (exact) mass is 497 g/mol. The number of likely N-dealkylation sites (N-methyl/N-ethyl adjacent to an activating group) is 2. The number of phenolic OH excluding ortho intramolecular Hbond substituents is 1. The zero-order chi connectivity index (χ0) is 24.8. The second kappa shape index (κ2) is 9.51. The average molecular weight is 498 g/mol. The van der Waals surface area contributed by atoms with Crippen molar-refractivity contribution in [3.05, 3.63) is 65.2 Å². The van der Waals surface area contributed by atoms with Crippen LogP contribution < -0.4 is 0 Å². The molecular formula is C28H39N3O3S. The number of benzene rings is 2. The molecule has 5 rings (SSSR count). The van der Waals surface area contributed by atoms with E-state index in [4.69, 9.17) is 0 Å². The first-order valence-corrected chi connectivity index (χ1v) is 14.5. The van der Waals surface area contributed by atoms with Gasteiger partial charge >= 0.3 is 0 Å². The number of fused-ring (bicyclic) bond motifs is 4. The quantitative estimate of drug-likeness (QED) is 0.662. The molecule has 2 aliphatic heterocycles. The molecule has 2 bridgehead atoms. The van der Waals surface area contributed by atoms with Crippen molar-refractivity contribution in [2.75, 3.05) is 40.3 Å². The maximum atomic E-state index is 13.0. The van der Waals surface area contributed by atoms with E-state index in [9.17, 15) is 13.5 Å². The largest absolute Gasteiger partial charge is 0.508 e. The number of rotatable bonds is 6. The van der Waals surface area contributed by atoms with Gasteiger partial charge in [0.05, 0.1) is 5.75 Å². The van der Waals surface area contributed by atoms with Gasteiger partial charge in [0.1, 0.15) is 5.75 Å². The van der Waals surface area contributed by atoms with E-state index in [0.29, 0.717) is 36.8 Å². The molecule has 2 aromatic rings. The lowest BCUT2D eigenvalue weighted by Crippen LogP contribution is -2.66. The first kappa shape index (κ1) is 24.8. The second-order valence-corrected chi connectivity index (χ2v) is 13.2. The van der Waals surface area contributed by atoms with Gasteiger partial charge < -0.3 is 14.9 Å². The highest BCUT2D eigenvalue weighted by molar-refractivity contribution is 7.88. The Bertz CT molecular complexity index is 1150. The van der Waals surface area contributed by atoms with Gasteiger partial charge in [-0.3, -0.25) is 0 Å². The van der Waals surface area contributed by atoms with Crippen molar-refractivity contribution < 1.29 is 13.5 Å². The first-order valence-electron chi connectivity index (χ1n) is 12.9. The van der Waals surface area contributed by atoms with Crippen LogP contribution in [-0.2, 0) is 27.6 Å². The Morgan fingerprint density at radius 1 is 1.09 bits per heavy atom. The van der Waals surface area contributed by atoms with E-state index in [2.05, 4.69) is 36.9 Å². The van der Waals surface area contributed by atoms with Crippen LogP contribution in [-0.4, -0.2) is 80.0 Å². The van der Waals surface area contributed by atoms with Gasteiger partial charge in [-0.2, -0.15) is 0 Å². The van der Waals surface area contributed by atoms with Crippen LogP contribution in [0.4, 0.5) is 0 Å². The Labute approximate surface area is 210 Å². The predicted octanol–water partition coefficient (Wildman–Crippen LogP) is 3.45. The Morgan fingerprint density at radius 2 is 1.80 bits per heavy atom. The number of likely N-dealkylation sites (tertiary alicyclic amines) is 1. The number of phenols is 1. The summed E-state index contributed by atoms with van der Waals surface area (Å²) < 4.78 is 27.6. The summed E-state index contributed by atoms with van der Waals surface area (Å²) in [6.07, 6.45) is 3.88. The number of sulfonamides is 1. The minimum absolute atomic E-state index is 0.00201. The SMILES string of the molecule is CN1CC[C@@]2(C)c3cc(O)ccc3C[C@@H]1[C@H]2N(C)CC1CCN(S(=O)(=O)Cc2ccccc2)CC1. The molecule has 7 heteroatoms. The van der Waals surface area contributed by atoms with Crippen molar-refractivity contribution in [3.63, 3.8) is 0 Å². The highest BCUT2D eigenvalue weighted by atomic mass is 32.2. The van der Waals surface area contributed by atoms with Crippen LogP contribution in [0.1, 0.15) is 42.9 Å². The molecule has 0 spiro atoms. The van der Waals surface area contributed by atoms with E-state index in [1.165, 1.54) is 11.1 Å². The van der Waals surface area contributed by atoms with Gasteiger partial charge in [-0.25, -0.2) is 12.7 Å². The third-order valence-corrected chi connectivity index (χ3v) is 10.7. The standard InChI is InChI=1S/C28H39N3O3S/c1-28-13-16-29(2)26(17-23-9-10-24(32)18-25(23)28)27(28)30(3)19-21-11-14-31(15-12-21)35(33,34)20-22-7-5-4-6-8-22/h4-10,18,21,26-27,32H,11-17,19-20H2,1-3H3/t26-,27-,28+/m1/s1. The van der Waals surface area contributed by atoms with Crippen molar-refractivity contribution in [3.8, 4) is 5.75 Å². The minimum atomic E-state index is -3.29. The Kier molecular flexibility index (Phi) is 6.72. The zero-order valence-corrected chi connectivity index (χ0v) is 22.0. The number of nitrogens with zero attached hydrogens (tertiary/aromatic N) is 3. The van der Waals surface area contributed by atoms with Gasteiger partial charge in [-0.1, -0.05) is 43.3 Å². The molecule has 2 fully saturated rings. The molecule has 190 valence electrons. The molecule has 2 aromatic carbocycles. The summed E-state index contributed by atoms with van der Waals surface area (Å²) in [4.78, 5) is 5.06. The normalized spacial score (nSPS) is 28.2. The molecule has 35 heavy (non-hydrogen) atoms. The summed E-state index contributed by atoms with van der Waals surface area (Å²) in [7, 11) is 1.21. The molecule has 1 N–H and O–H groups in total. The third kappa shape index (κ3) is 4.76. The highest BCUT2D eigenvalue weighted by Crippen LogP contribution is 2.47. The summed E-state index contributed by atoms with van der Waals surface area (Å²) in [5.74, 6) is 0.926. The second-order valence-electron chi connectivity index (χ2n) is 11.2. The smallest absolute Gasteiger partial charge is 0.218 e. The van der Waals surface area contributed by atoms with Crippen LogP contribution in [0.25, 0.3) is 0 Å². The predicted molar refractivity (Wildman–Crippen MR) is 140 cm³/mol. The molecule has 0 aromatic heterocycles. The molecule has 1 aliphatic carbocycles. The number of aromatic hydroxyl groups is 1. The topological polar surface area (TPSA) is 64.1 Å². The van der Waals surface area contributed by atoms with E-state index in [1.807, 2.05) is 42.5 Å². The lowest BCUT2D eigenvalue weighted by Gasteiger charge is -2.58. The highest BCUT2D eigenvalue weighted by Gasteiger charge is 2.51. The van der Waals surface area contributed by atoms with Crippen LogP contribution in [0.15, 0.2) is 48.5 Å². The van der Waals surface area contributed by atoms with Gasteiger partial charge in [0.25, 0.3) is 0 Å². The van der Waals surface area contributed by atoms with Crippen LogP contribution in [0.3, 0.4) is 0 Å². The lowest BCUT2D eigenvalue weighted by molar-refractivity contribution is -0.00615. The van der Waals surface area contributed by atoms with E-state index in [0.717, 1.165) is 44.3 Å². The Balaban J connectivity index is 1.26. The summed E-state index contributed by atoms with van der Waals surface area (Å²) >= 11 is 0. The van der Waals surface area contributed by atoms with Crippen molar-refractivity contribution in [2.45, 2.75) is 55.9 Å². The molecule has 0 unspecified atom stereocenters. The van der Waals surface area contributed by atoms with Gasteiger partial charge in [0, 0.05) is 37.1 Å². The fourth-order valence-corrected chi connectivity index (χ4v) is 8.56. The molecule has 3 atom stereocenters. The number of hydrogen-bond acceptors (Lipinski definition) is 5. The molecule has 3 aliphatic rings. The summed E-state index contributed by atoms with van der Waals surface area (Å²) in [6.45, 7) is 5.64. The van der Waals surface area contributed by atoms with Gasteiger partial charge in [-0.05, 0) is 81.1 Å².